The number of nitrogens with two attached hydrogens (primary N) is 2. The van der Waals surface area contributed by atoms with Gasteiger partial charge in [-0.15, -0.1) is 0 Å². The van der Waals surface area contributed by atoms with E-state index in [9.17, 15) is 22.0 Å². The summed E-state index contributed by atoms with van der Waals surface area (Å²) in [6.07, 6.45) is -0.180. The molecule has 0 saturated heterocycles. The molecule has 0 aliphatic rings. The number of rotatable bonds is 4. The van der Waals surface area contributed by atoms with Crippen LogP contribution in [0.25, 0.3) is 0 Å². The maximum atomic E-state index is 13.5. The van der Waals surface area contributed by atoms with Crippen molar-refractivity contribution in [1.29, 1.82) is 0 Å². The smallest absolute Gasteiger partial charge is 0.236 e. The first kappa shape index (κ1) is 14.4. The van der Waals surface area contributed by atoms with Crippen molar-refractivity contribution in [3.8, 4) is 0 Å². The Hall–Kier alpha value is -1.70. The van der Waals surface area contributed by atoms with Crippen molar-refractivity contribution in [3.05, 3.63) is 23.8 Å². The first-order valence-corrected chi connectivity index (χ1v) is 6.54. The number of halogens is 2. The fourth-order valence-electron chi connectivity index (χ4n) is 1.57. The number of carbonyl (C=O) groups excluding carboxylic acids is 1. The van der Waals surface area contributed by atoms with Crippen LogP contribution in [0.15, 0.2) is 17.0 Å². The molecule has 0 spiro atoms. The largest absolute Gasteiger partial charge is 0.399 e. The number of nitrogen functional groups attached to an aromatic ring is 1. The zero-order valence-electron chi connectivity index (χ0n) is 9.48. The maximum Gasteiger partial charge on any atom is 0.236 e. The van der Waals surface area contributed by atoms with Gasteiger partial charge in [-0.3, -0.25) is 4.79 Å². The van der Waals surface area contributed by atoms with Gasteiger partial charge in [-0.1, -0.05) is 6.92 Å². The molecule has 18 heavy (non-hydrogen) atoms. The molecule has 0 fully saturated rings. The summed E-state index contributed by atoms with van der Waals surface area (Å²) in [4.78, 5) is 9.84. The quantitative estimate of drug-likeness (QED) is 0.786. The summed E-state index contributed by atoms with van der Waals surface area (Å²) < 4.78 is 50.9. The molecule has 0 saturated carbocycles. The van der Waals surface area contributed by atoms with Crippen LogP contribution in [0.2, 0.25) is 0 Å². The Morgan fingerprint density at radius 2 is 1.78 bits per heavy atom. The minimum Gasteiger partial charge on any atom is -0.399 e. The number of benzene rings is 1. The Kier molecular flexibility index (Phi) is 3.90. The van der Waals surface area contributed by atoms with Gasteiger partial charge in [-0.2, -0.15) is 0 Å². The van der Waals surface area contributed by atoms with Crippen LogP contribution in [0.1, 0.15) is 13.3 Å². The van der Waals surface area contributed by atoms with Crippen molar-refractivity contribution in [2.24, 2.45) is 5.73 Å². The number of sulfone groups is 1. The van der Waals surface area contributed by atoms with E-state index >= 15 is 0 Å². The molecule has 1 aromatic rings. The average Bonchev–Trinajstić information content (AvgIpc) is 2.14. The topological polar surface area (TPSA) is 103 Å². The Morgan fingerprint density at radius 3 is 2.11 bits per heavy atom. The van der Waals surface area contributed by atoms with E-state index in [1.165, 1.54) is 6.92 Å². The van der Waals surface area contributed by atoms with Crippen molar-refractivity contribution in [3.63, 3.8) is 0 Å². The van der Waals surface area contributed by atoms with Gasteiger partial charge in [0.05, 0.1) is 0 Å². The summed E-state index contributed by atoms with van der Waals surface area (Å²) in [6.45, 7) is 1.38. The summed E-state index contributed by atoms with van der Waals surface area (Å²) in [5, 5.41) is -1.68. The highest BCUT2D eigenvalue weighted by Gasteiger charge is 2.35. The van der Waals surface area contributed by atoms with Crippen molar-refractivity contribution < 1.29 is 22.0 Å². The summed E-state index contributed by atoms with van der Waals surface area (Å²) in [5.74, 6) is -3.84. The predicted octanol–water partition coefficient (Wildman–Crippen LogP) is 0.585. The molecule has 5 nitrogen and oxygen atoms in total. The number of primary amides is 1. The molecule has 1 rings (SSSR count). The van der Waals surface area contributed by atoms with Crippen LogP contribution in [-0.4, -0.2) is 19.6 Å². The van der Waals surface area contributed by atoms with Crippen LogP contribution >= 0.6 is 0 Å². The van der Waals surface area contributed by atoms with Crippen LogP contribution in [-0.2, 0) is 14.6 Å². The van der Waals surface area contributed by atoms with Crippen molar-refractivity contribution in [2.75, 3.05) is 5.73 Å². The number of hydrogen-bond donors (Lipinski definition) is 2. The second-order valence-corrected chi connectivity index (χ2v) is 5.73. The lowest BCUT2D eigenvalue weighted by atomic mass is 10.3. The van der Waals surface area contributed by atoms with Gasteiger partial charge in [0.25, 0.3) is 0 Å². The van der Waals surface area contributed by atoms with Crippen LogP contribution in [0.5, 0.6) is 0 Å². The van der Waals surface area contributed by atoms with E-state index in [1.54, 1.807) is 0 Å². The molecule has 4 N–H and O–H groups in total. The van der Waals surface area contributed by atoms with Crippen molar-refractivity contribution in [1.82, 2.24) is 0 Å². The first-order valence-electron chi connectivity index (χ1n) is 4.99. The SMILES string of the molecule is CCC(C(N)=O)S(=O)(=O)c1c(F)cc(N)cc1F. The molecule has 0 aliphatic heterocycles. The minimum absolute atomic E-state index is 0.180. The second-order valence-electron chi connectivity index (χ2n) is 3.66. The molecular weight excluding hydrogens is 266 g/mol. The fourth-order valence-corrected chi connectivity index (χ4v) is 3.26. The Labute approximate surface area is 103 Å². The highest BCUT2D eigenvalue weighted by molar-refractivity contribution is 7.92. The Balaban J connectivity index is 3.51. The van der Waals surface area contributed by atoms with Crippen LogP contribution < -0.4 is 11.5 Å². The highest BCUT2D eigenvalue weighted by Crippen LogP contribution is 2.26. The van der Waals surface area contributed by atoms with E-state index in [0.717, 1.165) is 0 Å². The van der Waals surface area contributed by atoms with Gasteiger partial charge in [-0.25, -0.2) is 17.2 Å². The summed E-state index contributed by atoms with van der Waals surface area (Å²) in [7, 11) is -4.51. The molecule has 0 aliphatic carbocycles. The second kappa shape index (κ2) is 4.89. The van der Waals surface area contributed by atoms with E-state index in [2.05, 4.69) is 0 Å². The van der Waals surface area contributed by atoms with Gasteiger partial charge < -0.3 is 11.5 Å². The van der Waals surface area contributed by atoms with Gasteiger partial charge in [0.1, 0.15) is 21.8 Å². The molecule has 0 radical (unpaired) electrons. The number of anilines is 1. The van der Waals surface area contributed by atoms with Gasteiger partial charge in [0.15, 0.2) is 9.84 Å². The number of carbonyl (C=O) groups is 1. The maximum absolute atomic E-state index is 13.5. The number of hydrogen-bond acceptors (Lipinski definition) is 4. The lowest BCUT2D eigenvalue weighted by molar-refractivity contribution is -0.117. The molecule has 1 aromatic carbocycles. The molecule has 1 amide bonds. The van der Waals surface area contributed by atoms with Crippen LogP contribution in [0.3, 0.4) is 0 Å². The Bertz CT molecular complexity index is 564. The van der Waals surface area contributed by atoms with Crippen molar-refractivity contribution >= 4 is 21.4 Å². The Morgan fingerprint density at radius 1 is 1.33 bits per heavy atom. The molecule has 0 heterocycles. The zero-order valence-corrected chi connectivity index (χ0v) is 10.3. The summed E-state index contributed by atoms with van der Waals surface area (Å²) >= 11 is 0. The van der Waals surface area contributed by atoms with Gasteiger partial charge in [-0.05, 0) is 18.6 Å². The van der Waals surface area contributed by atoms with Gasteiger partial charge in [0, 0.05) is 5.69 Å². The summed E-state index contributed by atoms with van der Waals surface area (Å²) in [5.41, 5.74) is 9.83. The van der Waals surface area contributed by atoms with E-state index in [4.69, 9.17) is 11.5 Å². The third-order valence-electron chi connectivity index (χ3n) is 2.37. The lowest BCUT2D eigenvalue weighted by Gasteiger charge is -2.14. The van der Waals surface area contributed by atoms with Crippen LogP contribution in [0, 0.1) is 11.6 Å². The molecule has 0 aromatic heterocycles. The zero-order chi connectivity index (χ0) is 14.1. The van der Waals surface area contributed by atoms with Crippen LogP contribution in [0.4, 0.5) is 14.5 Å². The third-order valence-corrected chi connectivity index (χ3v) is 4.64. The predicted molar refractivity (Wildman–Crippen MR) is 61.2 cm³/mol. The van der Waals surface area contributed by atoms with Gasteiger partial charge >= 0.3 is 0 Å². The normalized spacial score (nSPS) is 13.3. The van der Waals surface area contributed by atoms with E-state index < -0.39 is 37.5 Å². The first-order chi connectivity index (χ1) is 8.21. The van der Waals surface area contributed by atoms with E-state index in [0.29, 0.717) is 12.1 Å². The molecule has 0 bridgehead atoms. The lowest BCUT2D eigenvalue weighted by Crippen LogP contribution is -2.36. The standard InChI is InChI=1S/C10H12F2N2O3S/c1-2-8(10(14)15)18(16,17)9-6(11)3-5(13)4-7(9)12/h3-4,8H,2,13H2,1H3,(H2,14,15). The average molecular weight is 278 g/mol. The summed E-state index contributed by atoms with van der Waals surface area (Å²) in [6, 6.07) is 1.34. The molecule has 1 unspecified atom stereocenters. The molecule has 8 heteroatoms. The van der Waals surface area contributed by atoms with Gasteiger partial charge in [0.2, 0.25) is 5.91 Å². The molecular formula is C10H12F2N2O3S. The molecule has 1 atom stereocenters. The van der Waals surface area contributed by atoms with Crippen molar-refractivity contribution in [2.45, 2.75) is 23.5 Å². The monoisotopic (exact) mass is 278 g/mol. The third kappa shape index (κ3) is 2.42. The fraction of sp³-hybridized carbons (Fsp3) is 0.300. The number of amides is 1. The minimum atomic E-state index is -4.51. The van der Waals surface area contributed by atoms with E-state index in [-0.39, 0.29) is 12.1 Å². The molecule has 100 valence electrons. The van der Waals surface area contributed by atoms with E-state index in [1.807, 2.05) is 0 Å². The highest BCUT2D eigenvalue weighted by atomic mass is 32.2.